The van der Waals surface area contributed by atoms with Crippen LogP contribution in [-0.2, 0) is 24.0 Å². The van der Waals surface area contributed by atoms with Crippen molar-refractivity contribution >= 4 is 29.7 Å². The molecule has 0 radical (unpaired) electrons. The van der Waals surface area contributed by atoms with Crippen LogP contribution in [-0.4, -0.2) is 75.8 Å². The minimum absolute atomic E-state index is 0.323. The molecule has 0 rings (SSSR count). The van der Waals surface area contributed by atoms with Gasteiger partial charge in [-0.15, -0.1) is 0 Å². The molecule has 0 aromatic heterocycles. The van der Waals surface area contributed by atoms with Gasteiger partial charge in [0.15, 0.2) is 0 Å². The van der Waals surface area contributed by atoms with Crippen molar-refractivity contribution in [2.45, 2.75) is 50.9 Å². The molecule has 4 atom stereocenters. The minimum atomic E-state index is -1.43. The Morgan fingerprint density at radius 1 is 0.962 bits per heavy atom. The molecule has 4 unspecified atom stereocenters. The van der Waals surface area contributed by atoms with E-state index in [9.17, 15) is 29.1 Å². The third kappa shape index (κ3) is 8.39. The summed E-state index contributed by atoms with van der Waals surface area (Å²) in [5.74, 6) is -5.14. The first-order chi connectivity index (χ1) is 12.0. The number of amides is 3. The molecule has 8 N–H and O–H groups in total. The Bertz CT molecular complexity index is 551. The zero-order chi connectivity index (χ0) is 20.4. The van der Waals surface area contributed by atoms with Gasteiger partial charge in [0.1, 0.15) is 18.1 Å². The molecule has 0 heterocycles. The molecule has 0 saturated heterocycles. The Balaban J connectivity index is 5.20. The summed E-state index contributed by atoms with van der Waals surface area (Å²) in [5, 5.41) is 33.7. The quantitative estimate of drug-likeness (QED) is 0.193. The van der Waals surface area contributed by atoms with E-state index in [4.69, 9.17) is 15.9 Å². The van der Waals surface area contributed by atoms with Gasteiger partial charge in [0, 0.05) is 6.42 Å². The van der Waals surface area contributed by atoms with E-state index < -0.39 is 66.9 Å². The minimum Gasteiger partial charge on any atom is -0.481 e. The van der Waals surface area contributed by atoms with E-state index in [1.807, 2.05) is 0 Å². The van der Waals surface area contributed by atoms with Crippen LogP contribution < -0.4 is 21.7 Å². The van der Waals surface area contributed by atoms with Gasteiger partial charge < -0.3 is 37.0 Å². The van der Waals surface area contributed by atoms with Gasteiger partial charge in [-0.25, -0.2) is 0 Å². The van der Waals surface area contributed by atoms with Gasteiger partial charge in [-0.1, -0.05) is 0 Å². The van der Waals surface area contributed by atoms with Crippen molar-refractivity contribution in [3.05, 3.63) is 0 Å². The highest BCUT2D eigenvalue weighted by molar-refractivity contribution is 5.94. The van der Waals surface area contributed by atoms with Gasteiger partial charge in [-0.3, -0.25) is 24.0 Å². The van der Waals surface area contributed by atoms with Crippen LogP contribution in [0.5, 0.6) is 0 Å². The van der Waals surface area contributed by atoms with Crippen LogP contribution in [0, 0.1) is 0 Å². The second kappa shape index (κ2) is 11.0. The maximum atomic E-state index is 12.2. The molecule has 0 aliphatic heterocycles. The highest BCUT2D eigenvalue weighted by Gasteiger charge is 2.30. The normalized spacial score (nSPS) is 15.1. The van der Waals surface area contributed by atoms with E-state index in [2.05, 4.69) is 16.0 Å². The number of nitrogens with one attached hydrogen (secondary N) is 3. The lowest BCUT2D eigenvalue weighted by Gasteiger charge is -2.24. The van der Waals surface area contributed by atoms with E-state index in [1.165, 1.54) is 13.8 Å². The van der Waals surface area contributed by atoms with E-state index >= 15 is 0 Å². The third-order valence-corrected chi connectivity index (χ3v) is 3.28. The monoisotopic (exact) mass is 376 g/mol. The lowest BCUT2D eigenvalue weighted by Crippen LogP contribution is -2.58. The summed E-state index contributed by atoms with van der Waals surface area (Å²) in [5.41, 5.74) is 5.12. The fourth-order valence-corrected chi connectivity index (χ4v) is 1.81. The molecule has 0 saturated carbocycles. The molecule has 26 heavy (non-hydrogen) atoms. The zero-order valence-corrected chi connectivity index (χ0v) is 14.4. The smallest absolute Gasteiger partial charge is 0.325 e. The molecule has 148 valence electrons. The Morgan fingerprint density at radius 2 is 1.54 bits per heavy atom. The Kier molecular flexibility index (Phi) is 9.84. The molecule has 0 fully saturated rings. The van der Waals surface area contributed by atoms with Crippen molar-refractivity contribution in [3.63, 3.8) is 0 Å². The molecule has 0 spiro atoms. The number of carbonyl (C=O) groups is 5. The number of nitrogens with two attached hydrogens (primary N) is 1. The van der Waals surface area contributed by atoms with Gasteiger partial charge in [-0.2, -0.15) is 0 Å². The lowest BCUT2D eigenvalue weighted by molar-refractivity contribution is -0.142. The summed E-state index contributed by atoms with van der Waals surface area (Å²) in [6.07, 6.45) is -2.13. The summed E-state index contributed by atoms with van der Waals surface area (Å²) < 4.78 is 0. The van der Waals surface area contributed by atoms with Crippen molar-refractivity contribution in [1.29, 1.82) is 0 Å². The van der Waals surface area contributed by atoms with Crippen molar-refractivity contribution in [2.75, 3.05) is 6.54 Å². The predicted octanol–water partition coefficient (Wildman–Crippen LogP) is -3.25. The van der Waals surface area contributed by atoms with Gasteiger partial charge in [-0.05, 0) is 20.3 Å². The Morgan fingerprint density at radius 3 is 1.96 bits per heavy atom. The van der Waals surface area contributed by atoms with Gasteiger partial charge in [0.05, 0.1) is 12.6 Å². The summed E-state index contributed by atoms with van der Waals surface area (Å²) in [7, 11) is 0. The van der Waals surface area contributed by atoms with Crippen molar-refractivity contribution < 1.29 is 39.3 Å². The largest absolute Gasteiger partial charge is 0.481 e. The number of hydrogen-bond donors (Lipinski definition) is 7. The first-order valence-electron chi connectivity index (χ1n) is 7.72. The standard InChI is InChI=1S/C14H24N4O8/c1-6(14(25)26)16-12(23)8(3-4-10(21)22)17-13(24)11(7(2)19)18-9(20)5-15/h6-8,11,19H,3-5,15H2,1-2H3,(H,16,23)(H,17,24)(H,18,20)(H,21,22)(H,25,26). The topological polar surface area (TPSA) is 208 Å². The van der Waals surface area contributed by atoms with Crippen LogP contribution in [0.1, 0.15) is 26.7 Å². The average molecular weight is 376 g/mol. The van der Waals surface area contributed by atoms with Crippen LogP contribution in [0.15, 0.2) is 0 Å². The Hall–Kier alpha value is -2.73. The summed E-state index contributed by atoms with van der Waals surface area (Å²) in [4.78, 5) is 57.2. The average Bonchev–Trinajstić information content (AvgIpc) is 2.54. The predicted molar refractivity (Wildman–Crippen MR) is 86.7 cm³/mol. The maximum Gasteiger partial charge on any atom is 0.325 e. The van der Waals surface area contributed by atoms with E-state index in [-0.39, 0.29) is 6.42 Å². The molecular weight excluding hydrogens is 352 g/mol. The fourth-order valence-electron chi connectivity index (χ4n) is 1.81. The summed E-state index contributed by atoms with van der Waals surface area (Å²) in [6, 6.07) is -4.07. The second-order valence-electron chi connectivity index (χ2n) is 5.55. The molecule has 0 aromatic carbocycles. The highest BCUT2D eigenvalue weighted by Crippen LogP contribution is 2.02. The molecule has 12 nitrogen and oxygen atoms in total. The van der Waals surface area contributed by atoms with Crippen LogP contribution in [0.25, 0.3) is 0 Å². The number of rotatable bonds is 11. The lowest BCUT2D eigenvalue weighted by atomic mass is 10.1. The van der Waals surface area contributed by atoms with Crippen molar-refractivity contribution in [2.24, 2.45) is 5.73 Å². The number of hydrogen-bond acceptors (Lipinski definition) is 7. The number of carboxylic acids is 2. The van der Waals surface area contributed by atoms with E-state index in [1.54, 1.807) is 0 Å². The number of aliphatic hydroxyl groups is 1. The summed E-state index contributed by atoms with van der Waals surface area (Å²) in [6.45, 7) is 1.98. The number of carboxylic acid groups (broad SMARTS) is 2. The van der Waals surface area contributed by atoms with Crippen LogP contribution in [0.3, 0.4) is 0 Å². The molecular formula is C14H24N4O8. The van der Waals surface area contributed by atoms with E-state index in [0.717, 1.165) is 0 Å². The molecule has 0 bridgehead atoms. The molecule has 0 aliphatic carbocycles. The summed E-state index contributed by atoms with van der Waals surface area (Å²) >= 11 is 0. The number of aliphatic carboxylic acids is 2. The van der Waals surface area contributed by atoms with E-state index in [0.29, 0.717) is 0 Å². The van der Waals surface area contributed by atoms with Crippen molar-refractivity contribution in [3.8, 4) is 0 Å². The van der Waals surface area contributed by atoms with Crippen LogP contribution in [0.2, 0.25) is 0 Å². The van der Waals surface area contributed by atoms with Crippen LogP contribution >= 0.6 is 0 Å². The second-order valence-corrected chi connectivity index (χ2v) is 5.55. The first-order valence-corrected chi connectivity index (χ1v) is 7.72. The fraction of sp³-hybridized carbons (Fsp3) is 0.643. The van der Waals surface area contributed by atoms with Crippen molar-refractivity contribution in [1.82, 2.24) is 16.0 Å². The molecule has 3 amide bonds. The maximum absolute atomic E-state index is 12.2. The number of carbonyl (C=O) groups excluding carboxylic acids is 3. The molecule has 0 aliphatic rings. The zero-order valence-electron chi connectivity index (χ0n) is 14.4. The van der Waals surface area contributed by atoms with Gasteiger partial charge in [0.2, 0.25) is 17.7 Å². The molecule has 12 heteroatoms. The third-order valence-electron chi connectivity index (χ3n) is 3.28. The van der Waals surface area contributed by atoms with Gasteiger partial charge >= 0.3 is 11.9 Å². The highest BCUT2D eigenvalue weighted by atomic mass is 16.4. The SMILES string of the molecule is CC(NC(=O)C(CCC(=O)O)NC(=O)C(NC(=O)CN)C(C)O)C(=O)O. The number of aliphatic hydroxyl groups excluding tert-OH is 1. The first kappa shape index (κ1) is 23.3. The van der Waals surface area contributed by atoms with Gasteiger partial charge in [0.25, 0.3) is 0 Å². The Labute approximate surface area is 149 Å². The molecule has 0 aromatic rings. The van der Waals surface area contributed by atoms with Crippen LogP contribution in [0.4, 0.5) is 0 Å².